The molecule has 1 aliphatic carbocycles. The lowest BCUT2D eigenvalue weighted by Crippen LogP contribution is -2.15. The van der Waals surface area contributed by atoms with Crippen LogP contribution >= 0.6 is 11.8 Å². The van der Waals surface area contributed by atoms with Crippen molar-refractivity contribution >= 4 is 11.8 Å². The maximum absolute atomic E-state index is 5.48. The number of tetrazole rings is 1. The lowest BCUT2D eigenvalue weighted by molar-refractivity contribution is 0.307. The zero-order valence-corrected chi connectivity index (χ0v) is 14.8. The first kappa shape index (κ1) is 16.2. The van der Waals surface area contributed by atoms with Crippen molar-refractivity contribution in [1.29, 1.82) is 0 Å². The van der Waals surface area contributed by atoms with Crippen molar-refractivity contribution in [3.8, 4) is 5.75 Å². The molecule has 124 valence electrons. The highest BCUT2D eigenvalue weighted by Gasteiger charge is 2.20. The van der Waals surface area contributed by atoms with Gasteiger partial charge in [-0.15, -0.1) is 5.10 Å². The second-order valence-corrected chi connectivity index (χ2v) is 6.98. The Labute approximate surface area is 141 Å². The van der Waals surface area contributed by atoms with E-state index in [-0.39, 0.29) is 0 Å². The van der Waals surface area contributed by atoms with Crippen molar-refractivity contribution in [2.45, 2.75) is 62.9 Å². The molecule has 2 aromatic heterocycles. The quantitative estimate of drug-likeness (QED) is 0.780. The molecule has 0 amide bonds. The van der Waals surface area contributed by atoms with E-state index in [1.165, 1.54) is 32.1 Å². The number of methoxy groups -OCH3 is 1. The summed E-state index contributed by atoms with van der Waals surface area (Å²) >= 11 is 1.65. The largest absolute Gasteiger partial charge is 0.496 e. The number of aryl methyl sites for hydroxylation is 1. The lowest BCUT2D eigenvalue weighted by Gasteiger charge is -2.22. The minimum Gasteiger partial charge on any atom is -0.496 e. The third-order valence-corrected chi connectivity index (χ3v) is 5.42. The molecular formula is C16H23N5OS. The monoisotopic (exact) mass is 333 g/mol. The Morgan fingerprint density at radius 3 is 2.78 bits per heavy atom. The summed E-state index contributed by atoms with van der Waals surface area (Å²) < 4.78 is 7.48. The molecular weight excluding hydrogens is 310 g/mol. The number of ether oxygens (including phenoxy) is 1. The molecule has 0 radical (unpaired) electrons. The molecule has 23 heavy (non-hydrogen) atoms. The topological polar surface area (TPSA) is 65.7 Å². The van der Waals surface area contributed by atoms with Gasteiger partial charge in [-0.05, 0) is 37.1 Å². The zero-order valence-electron chi connectivity index (χ0n) is 13.9. The maximum Gasteiger partial charge on any atom is 0.209 e. The van der Waals surface area contributed by atoms with Gasteiger partial charge in [0.2, 0.25) is 5.16 Å². The predicted molar refractivity (Wildman–Crippen MR) is 89.8 cm³/mol. The Balaban J connectivity index is 1.73. The smallest absolute Gasteiger partial charge is 0.209 e. The normalized spacial score (nSPS) is 15.8. The highest BCUT2D eigenvalue weighted by atomic mass is 32.2. The van der Waals surface area contributed by atoms with Gasteiger partial charge in [0.1, 0.15) is 5.75 Å². The minimum atomic E-state index is 0.447. The maximum atomic E-state index is 5.48. The average Bonchev–Trinajstić information content (AvgIpc) is 3.04. The molecule has 0 N–H and O–H groups in total. The first-order valence-electron chi connectivity index (χ1n) is 8.10. The number of aromatic nitrogens is 5. The van der Waals surface area contributed by atoms with Gasteiger partial charge in [-0.1, -0.05) is 31.0 Å². The molecule has 1 fully saturated rings. The molecule has 6 nitrogen and oxygen atoms in total. The van der Waals surface area contributed by atoms with Gasteiger partial charge in [-0.25, -0.2) is 4.68 Å². The van der Waals surface area contributed by atoms with E-state index in [0.717, 1.165) is 33.5 Å². The molecule has 3 rings (SSSR count). The van der Waals surface area contributed by atoms with Gasteiger partial charge in [0.05, 0.1) is 18.8 Å². The number of thioether (sulfide) groups is 1. The molecule has 0 atom stereocenters. The lowest BCUT2D eigenvalue weighted by atomic mass is 9.96. The Morgan fingerprint density at radius 1 is 1.26 bits per heavy atom. The van der Waals surface area contributed by atoms with Crippen LogP contribution in [0.2, 0.25) is 0 Å². The van der Waals surface area contributed by atoms with Crippen molar-refractivity contribution in [1.82, 2.24) is 25.2 Å². The van der Waals surface area contributed by atoms with E-state index in [9.17, 15) is 0 Å². The van der Waals surface area contributed by atoms with E-state index in [2.05, 4.69) is 27.4 Å². The number of hydrogen-bond acceptors (Lipinski definition) is 6. The summed E-state index contributed by atoms with van der Waals surface area (Å²) in [6.45, 7) is 4.07. The predicted octanol–water partition coefficient (Wildman–Crippen LogP) is 3.49. The minimum absolute atomic E-state index is 0.447. The summed E-state index contributed by atoms with van der Waals surface area (Å²) in [5, 5.41) is 13.2. The number of hydrogen-bond donors (Lipinski definition) is 0. The fraction of sp³-hybridized carbons (Fsp3) is 0.625. The van der Waals surface area contributed by atoms with Crippen molar-refractivity contribution in [3.63, 3.8) is 0 Å². The van der Waals surface area contributed by atoms with E-state index in [4.69, 9.17) is 4.74 Å². The van der Waals surface area contributed by atoms with Crippen molar-refractivity contribution in [2.75, 3.05) is 7.11 Å². The summed E-state index contributed by atoms with van der Waals surface area (Å²) in [6.07, 6.45) is 8.08. The highest BCUT2D eigenvalue weighted by molar-refractivity contribution is 7.98. The first-order chi connectivity index (χ1) is 11.2. The second kappa shape index (κ2) is 7.29. The van der Waals surface area contributed by atoms with E-state index in [1.807, 2.05) is 17.8 Å². The number of nitrogens with zero attached hydrogens (tertiary/aromatic N) is 5. The van der Waals surface area contributed by atoms with Crippen LogP contribution < -0.4 is 4.74 Å². The van der Waals surface area contributed by atoms with Crippen LogP contribution in [0.1, 0.15) is 55.0 Å². The highest BCUT2D eigenvalue weighted by Crippen LogP contribution is 2.32. The van der Waals surface area contributed by atoms with Crippen LogP contribution in [-0.2, 0) is 5.75 Å². The Bertz CT molecular complexity index is 666. The van der Waals surface area contributed by atoms with Crippen LogP contribution in [-0.4, -0.2) is 32.3 Å². The van der Waals surface area contributed by atoms with Crippen LogP contribution in [0.4, 0.5) is 0 Å². The third kappa shape index (κ3) is 3.49. The van der Waals surface area contributed by atoms with Gasteiger partial charge >= 0.3 is 0 Å². The molecule has 1 saturated carbocycles. The molecule has 0 bridgehead atoms. The van der Waals surface area contributed by atoms with Gasteiger partial charge in [0, 0.05) is 23.1 Å². The van der Waals surface area contributed by atoms with Crippen LogP contribution in [0.3, 0.4) is 0 Å². The van der Waals surface area contributed by atoms with Crippen molar-refractivity contribution in [3.05, 3.63) is 23.0 Å². The standard InChI is InChI=1S/C16H23N5OS/c1-11-9-17-14(12(2)15(11)22-3)10-23-16-18-19-20-21(16)13-7-5-4-6-8-13/h9,13H,4-8,10H2,1-3H3. The molecule has 1 aliphatic rings. The van der Waals surface area contributed by atoms with E-state index < -0.39 is 0 Å². The number of pyridine rings is 1. The van der Waals surface area contributed by atoms with E-state index >= 15 is 0 Å². The fourth-order valence-corrected chi connectivity index (χ4v) is 4.15. The SMILES string of the molecule is COc1c(C)cnc(CSc2nnnn2C2CCCCC2)c1C. The Hall–Kier alpha value is -1.63. The molecule has 0 spiro atoms. The van der Waals surface area contributed by atoms with Crippen LogP contribution in [0.25, 0.3) is 0 Å². The van der Waals surface area contributed by atoms with Gasteiger partial charge in [0.15, 0.2) is 0 Å². The average molecular weight is 333 g/mol. The van der Waals surface area contributed by atoms with Crippen molar-refractivity contribution in [2.24, 2.45) is 0 Å². The first-order valence-corrected chi connectivity index (χ1v) is 9.09. The molecule has 2 aromatic rings. The Morgan fingerprint density at radius 2 is 2.04 bits per heavy atom. The third-order valence-electron chi connectivity index (χ3n) is 4.47. The summed E-state index contributed by atoms with van der Waals surface area (Å²) in [4.78, 5) is 4.55. The van der Waals surface area contributed by atoms with Gasteiger partial charge < -0.3 is 4.74 Å². The Kier molecular flexibility index (Phi) is 5.15. The van der Waals surface area contributed by atoms with Gasteiger partial charge in [-0.2, -0.15) is 0 Å². The van der Waals surface area contributed by atoms with Crippen LogP contribution in [0, 0.1) is 13.8 Å². The summed E-state index contributed by atoms with van der Waals surface area (Å²) in [6, 6.07) is 0.447. The fourth-order valence-electron chi connectivity index (χ4n) is 3.18. The van der Waals surface area contributed by atoms with E-state index in [0.29, 0.717) is 6.04 Å². The van der Waals surface area contributed by atoms with Crippen LogP contribution in [0.15, 0.2) is 11.4 Å². The van der Waals surface area contributed by atoms with Gasteiger partial charge in [-0.3, -0.25) is 4.98 Å². The molecule has 7 heteroatoms. The summed E-state index contributed by atoms with van der Waals surface area (Å²) in [5.74, 6) is 1.66. The molecule has 0 unspecified atom stereocenters. The molecule has 2 heterocycles. The summed E-state index contributed by atoms with van der Waals surface area (Å²) in [5.41, 5.74) is 3.18. The zero-order chi connectivity index (χ0) is 16.2. The molecule has 0 aliphatic heterocycles. The van der Waals surface area contributed by atoms with Crippen LogP contribution in [0.5, 0.6) is 5.75 Å². The molecule has 0 aromatic carbocycles. The summed E-state index contributed by atoms with van der Waals surface area (Å²) in [7, 11) is 1.70. The van der Waals surface area contributed by atoms with Gasteiger partial charge in [0.25, 0.3) is 0 Å². The molecule has 0 saturated heterocycles. The number of rotatable bonds is 5. The van der Waals surface area contributed by atoms with E-state index in [1.54, 1.807) is 18.9 Å². The van der Waals surface area contributed by atoms with Crippen molar-refractivity contribution < 1.29 is 4.74 Å². The second-order valence-electron chi connectivity index (χ2n) is 6.03.